The van der Waals surface area contributed by atoms with Crippen LogP contribution in [-0.2, 0) is 0 Å². The normalized spacial score (nSPS) is 10.8. The molecule has 0 N–H and O–H groups in total. The van der Waals surface area contributed by atoms with Crippen molar-refractivity contribution in [2.75, 3.05) is 0 Å². The molecule has 3 rings (SSSR count). The molecule has 1 aromatic heterocycles. The molecule has 0 atom stereocenters. The van der Waals surface area contributed by atoms with Crippen LogP contribution >= 0.6 is 23.2 Å². The van der Waals surface area contributed by atoms with E-state index in [-0.39, 0.29) is 0 Å². The van der Waals surface area contributed by atoms with E-state index in [0.717, 1.165) is 22.9 Å². The number of carbonyl (C=O) groups excluding carboxylic acids is 1. The standard InChI is InChI=1S/C15H9Cl2NO/c16-10-6-7-12-13(9-19)15(17)18(14(12)8-10)11-4-2-1-3-5-11/h1-9H. The Hall–Kier alpha value is -1.77. The highest BCUT2D eigenvalue weighted by atomic mass is 35.5. The maximum atomic E-state index is 11.2. The third-order valence-corrected chi connectivity index (χ3v) is 3.65. The molecule has 2 aromatic carbocycles. The quantitative estimate of drug-likeness (QED) is 0.624. The SMILES string of the molecule is O=Cc1c(Cl)n(-c2ccccc2)c2cc(Cl)ccc12. The number of benzene rings is 2. The molecule has 4 heteroatoms. The molecule has 0 aliphatic heterocycles. The number of aromatic nitrogens is 1. The molecule has 0 saturated carbocycles. The van der Waals surface area contributed by atoms with Crippen LogP contribution in [-0.4, -0.2) is 10.9 Å². The second-order valence-corrected chi connectivity index (χ2v) is 4.95. The Labute approximate surface area is 120 Å². The lowest BCUT2D eigenvalue weighted by atomic mass is 10.2. The summed E-state index contributed by atoms with van der Waals surface area (Å²) in [5.41, 5.74) is 2.20. The average molecular weight is 290 g/mol. The van der Waals surface area contributed by atoms with E-state index < -0.39 is 0 Å². The number of halogens is 2. The lowest BCUT2D eigenvalue weighted by Crippen LogP contribution is -1.93. The lowest BCUT2D eigenvalue weighted by molar-refractivity contribution is 0.112. The van der Waals surface area contributed by atoms with Gasteiger partial charge in [-0.1, -0.05) is 47.5 Å². The Morgan fingerprint density at radius 3 is 2.42 bits per heavy atom. The van der Waals surface area contributed by atoms with Gasteiger partial charge in [0.2, 0.25) is 0 Å². The predicted octanol–water partition coefficient (Wildman–Crippen LogP) is 4.75. The van der Waals surface area contributed by atoms with Crippen LogP contribution in [0.3, 0.4) is 0 Å². The Kier molecular flexibility index (Phi) is 3.05. The van der Waals surface area contributed by atoms with Gasteiger partial charge in [-0.05, 0) is 24.3 Å². The number of para-hydroxylation sites is 1. The summed E-state index contributed by atoms with van der Waals surface area (Å²) >= 11 is 12.4. The highest BCUT2D eigenvalue weighted by Crippen LogP contribution is 2.33. The van der Waals surface area contributed by atoms with Crippen LogP contribution in [0.15, 0.2) is 48.5 Å². The van der Waals surface area contributed by atoms with Gasteiger partial charge >= 0.3 is 0 Å². The molecule has 0 aliphatic rings. The minimum atomic E-state index is 0.401. The first-order valence-electron chi connectivity index (χ1n) is 5.72. The number of aldehydes is 1. The second-order valence-electron chi connectivity index (χ2n) is 4.15. The van der Waals surface area contributed by atoms with Gasteiger partial charge in [0.15, 0.2) is 6.29 Å². The molecule has 0 aliphatic carbocycles. The summed E-state index contributed by atoms with van der Waals surface area (Å²) in [6.45, 7) is 0. The van der Waals surface area contributed by atoms with Gasteiger partial charge in [-0.15, -0.1) is 0 Å². The fourth-order valence-corrected chi connectivity index (χ4v) is 2.70. The fourth-order valence-electron chi connectivity index (χ4n) is 2.20. The Morgan fingerprint density at radius 1 is 1.00 bits per heavy atom. The third-order valence-electron chi connectivity index (χ3n) is 3.04. The molecule has 2 nitrogen and oxygen atoms in total. The third kappa shape index (κ3) is 1.93. The van der Waals surface area contributed by atoms with E-state index >= 15 is 0 Å². The van der Waals surface area contributed by atoms with Gasteiger partial charge in [0.05, 0.1) is 11.1 Å². The minimum Gasteiger partial charge on any atom is -0.300 e. The van der Waals surface area contributed by atoms with Crippen LogP contribution in [0, 0.1) is 0 Å². The Morgan fingerprint density at radius 2 is 1.74 bits per heavy atom. The number of carbonyl (C=O) groups is 1. The Bertz CT molecular complexity index is 763. The van der Waals surface area contributed by atoms with Crippen molar-refractivity contribution in [1.82, 2.24) is 4.57 Å². The molecule has 0 unspecified atom stereocenters. The van der Waals surface area contributed by atoms with E-state index in [4.69, 9.17) is 23.2 Å². The van der Waals surface area contributed by atoms with Crippen LogP contribution in [0.25, 0.3) is 16.6 Å². The van der Waals surface area contributed by atoms with E-state index in [1.54, 1.807) is 6.07 Å². The van der Waals surface area contributed by atoms with Crippen LogP contribution in [0.4, 0.5) is 0 Å². The number of nitrogens with zero attached hydrogens (tertiary/aromatic N) is 1. The summed E-state index contributed by atoms with van der Waals surface area (Å²) in [6.07, 6.45) is 0.776. The number of rotatable bonds is 2. The first-order chi connectivity index (χ1) is 9.22. The highest BCUT2D eigenvalue weighted by molar-refractivity contribution is 6.35. The van der Waals surface area contributed by atoms with Gasteiger partial charge in [-0.2, -0.15) is 0 Å². The van der Waals surface area contributed by atoms with Crippen molar-refractivity contribution in [3.63, 3.8) is 0 Å². The van der Waals surface area contributed by atoms with Crippen molar-refractivity contribution in [2.45, 2.75) is 0 Å². The summed E-state index contributed by atoms with van der Waals surface area (Å²) in [7, 11) is 0. The van der Waals surface area contributed by atoms with Crippen LogP contribution in [0.5, 0.6) is 0 Å². The maximum absolute atomic E-state index is 11.2. The van der Waals surface area contributed by atoms with Gasteiger partial charge in [0, 0.05) is 16.1 Å². The number of hydrogen-bond donors (Lipinski definition) is 0. The summed E-state index contributed by atoms with van der Waals surface area (Å²) in [4.78, 5) is 11.2. The molecule has 0 amide bonds. The summed E-state index contributed by atoms with van der Waals surface area (Å²) in [5, 5.41) is 1.81. The van der Waals surface area contributed by atoms with E-state index in [2.05, 4.69) is 0 Å². The van der Waals surface area contributed by atoms with Crippen LogP contribution < -0.4 is 0 Å². The second kappa shape index (κ2) is 4.72. The zero-order chi connectivity index (χ0) is 13.4. The van der Waals surface area contributed by atoms with E-state index in [0.29, 0.717) is 15.7 Å². The molecule has 0 fully saturated rings. The van der Waals surface area contributed by atoms with E-state index in [9.17, 15) is 4.79 Å². The first-order valence-corrected chi connectivity index (χ1v) is 6.48. The zero-order valence-corrected chi connectivity index (χ0v) is 11.3. The Balaban J connectivity index is 2.44. The minimum absolute atomic E-state index is 0.401. The summed E-state index contributed by atoms with van der Waals surface area (Å²) in [6, 6.07) is 15.0. The van der Waals surface area contributed by atoms with Gasteiger partial charge in [-0.25, -0.2) is 0 Å². The van der Waals surface area contributed by atoms with Crippen molar-refractivity contribution in [3.05, 3.63) is 64.3 Å². The monoisotopic (exact) mass is 289 g/mol. The van der Waals surface area contributed by atoms with Gasteiger partial charge < -0.3 is 0 Å². The van der Waals surface area contributed by atoms with Gasteiger partial charge in [-0.3, -0.25) is 9.36 Å². The fraction of sp³-hybridized carbons (Fsp3) is 0. The molecule has 94 valence electrons. The lowest BCUT2D eigenvalue weighted by Gasteiger charge is -2.06. The molecular weight excluding hydrogens is 281 g/mol. The average Bonchev–Trinajstić information content (AvgIpc) is 2.70. The molecule has 3 aromatic rings. The molecule has 0 spiro atoms. The molecule has 1 heterocycles. The number of fused-ring (bicyclic) bond motifs is 1. The van der Waals surface area contributed by atoms with E-state index in [1.807, 2.05) is 47.0 Å². The molecule has 0 radical (unpaired) electrons. The molecular formula is C15H9Cl2NO. The summed E-state index contributed by atoms with van der Waals surface area (Å²) in [5.74, 6) is 0. The molecule has 0 bridgehead atoms. The van der Waals surface area contributed by atoms with Crippen molar-refractivity contribution in [3.8, 4) is 5.69 Å². The van der Waals surface area contributed by atoms with Crippen molar-refractivity contribution in [2.24, 2.45) is 0 Å². The zero-order valence-electron chi connectivity index (χ0n) is 9.81. The smallest absolute Gasteiger partial charge is 0.153 e. The largest absolute Gasteiger partial charge is 0.300 e. The molecule has 19 heavy (non-hydrogen) atoms. The van der Waals surface area contributed by atoms with E-state index in [1.165, 1.54) is 0 Å². The van der Waals surface area contributed by atoms with Crippen molar-refractivity contribution < 1.29 is 4.79 Å². The maximum Gasteiger partial charge on any atom is 0.153 e. The predicted molar refractivity (Wildman–Crippen MR) is 78.7 cm³/mol. The molecule has 0 saturated heterocycles. The van der Waals surface area contributed by atoms with Crippen LogP contribution in [0.1, 0.15) is 10.4 Å². The number of hydrogen-bond acceptors (Lipinski definition) is 1. The topological polar surface area (TPSA) is 22.0 Å². The van der Waals surface area contributed by atoms with Crippen LogP contribution in [0.2, 0.25) is 10.2 Å². The van der Waals surface area contributed by atoms with Gasteiger partial charge in [0.1, 0.15) is 5.15 Å². The van der Waals surface area contributed by atoms with Crippen molar-refractivity contribution >= 4 is 40.4 Å². The first kappa shape index (κ1) is 12.3. The van der Waals surface area contributed by atoms with Crippen molar-refractivity contribution in [1.29, 1.82) is 0 Å². The summed E-state index contributed by atoms with van der Waals surface area (Å²) < 4.78 is 1.83. The highest BCUT2D eigenvalue weighted by Gasteiger charge is 2.16. The van der Waals surface area contributed by atoms with Gasteiger partial charge in [0.25, 0.3) is 0 Å².